The van der Waals surface area contributed by atoms with Crippen molar-refractivity contribution in [3.8, 4) is 11.3 Å². The van der Waals surface area contributed by atoms with E-state index in [-0.39, 0.29) is 50.3 Å². The standard InChI is InChI=1S/C20H21F3N4O2/c1-10-15(28)7-27(10)18-25-16(12-4-5-20(22,23)17(12)26-18)11-2-3-13(14(21)6-11)19(24)8-29-9-19/h2-3,6,10,15,28H,4-5,7-9,24H2,1H3/t10-,15+/m0/s1. The van der Waals surface area contributed by atoms with Crippen molar-refractivity contribution in [2.45, 2.75) is 43.4 Å². The molecule has 1 aliphatic carbocycles. The zero-order valence-electron chi connectivity index (χ0n) is 15.8. The van der Waals surface area contributed by atoms with E-state index in [1.807, 2.05) is 0 Å². The maximum absolute atomic E-state index is 14.8. The molecule has 2 aliphatic heterocycles. The highest BCUT2D eigenvalue weighted by atomic mass is 19.3. The van der Waals surface area contributed by atoms with Gasteiger partial charge in [0.05, 0.1) is 36.6 Å². The highest BCUT2D eigenvalue weighted by Gasteiger charge is 2.45. The fraction of sp³-hybridized carbons (Fsp3) is 0.500. The fourth-order valence-electron chi connectivity index (χ4n) is 4.18. The summed E-state index contributed by atoms with van der Waals surface area (Å²) in [5, 5.41) is 9.79. The molecule has 2 saturated heterocycles. The summed E-state index contributed by atoms with van der Waals surface area (Å²) in [5.41, 5.74) is 6.35. The zero-order chi connectivity index (χ0) is 20.6. The Morgan fingerprint density at radius 1 is 1.28 bits per heavy atom. The van der Waals surface area contributed by atoms with Crippen molar-refractivity contribution in [3.63, 3.8) is 0 Å². The van der Waals surface area contributed by atoms with Crippen LogP contribution in [0.3, 0.4) is 0 Å². The number of anilines is 1. The van der Waals surface area contributed by atoms with Crippen LogP contribution in [0.1, 0.15) is 30.2 Å². The van der Waals surface area contributed by atoms with Gasteiger partial charge in [-0.15, -0.1) is 0 Å². The largest absolute Gasteiger partial charge is 0.389 e. The number of fused-ring (bicyclic) bond motifs is 1. The second-order valence-electron chi connectivity index (χ2n) is 8.21. The number of nitrogens with zero attached hydrogens (tertiary/aromatic N) is 3. The third-order valence-corrected chi connectivity index (χ3v) is 6.22. The fourth-order valence-corrected chi connectivity index (χ4v) is 4.18. The van der Waals surface area contributed by atoms with Crippen LogP contribution in [0.25, 0.3) is 11.3 Å². The second kappa shape index (κ2) is 6.13. The van der Waals surface area contributed by atoms with Crippen molar-refractivity contribution in [1.29, 1.82) is 0 Å². The molecule has 5 rings (SSSR count). The number of hydrogen-bond acceptors (Lipinski definition) is 6. The van der Waals surface area contributed by atoms with Gasteiger partial charge in [0.2, 0.25) is 5.95 Å². The lowest BCUT2D eigenvalue weighted by atomic mass is 9.87. The average molecular weight is 406 g/mol. The molecule has 1 aromatic heterocycles. The van der Waals surface area contributed by atoms with Crippen LogP contribution >= 0.6 is 0 Å². The summed E-state index contributed by atoms with van der Waals surface area (Å²) in [5.74, 6) is -3.44. The van der Waals surface area contributed by atoms with Crippen molar-refractivity contribution in [3.05, 3.63) is 40.8 Å². The third-order valence-electron chi connectivity index (χ3n) is 6.22. The molecule has 3 heterocycles. The van der Waals surface area contributed by atoms with Gasteiger partial charge in [0.25, 0.3) is 5.92 Å². The molecule has 1 aromatic carbocycles. The quantitative estimate of drug-likeness (QED) is 0.812. The number of ether oxygens (including phenoxy) is 1. The number of aromatic nitrogens is 2. The predicted octanol–water partition coefficient (Wildman–Crippen LogP) is 2.07. The van der Waals surface area contributed by atoms with E-state index in [4.69, 9.17) is 10.5 Å². The van der Waals surface area contributed by atoms with Gasteiger partial charge in [0.15, 0.2) is 0 Å². The molecule has 3 N–H and O–H groups in total. The van der Waals surface area contributed by atoms with Crippen molar-refractivity contribution >= 4 is 5.95 Å². The molecule has 0 spiro atoms. The van der Waals surface area contributed by atoms with Crippen LogP contribution in [-0.2, 0) is 22.6 Å². The predicted molar refractivity (Wildman–Crippen MR) is 99.1 cm³/mol. The topological polar surface area (TPSA) is 84.5 Å². The van der Waals surface area contributed by atoms with E-state index in [0.717, 1.165) is 0 Å². The first-order valence-electron chi connectivity index (χ1n) is 9.60. The molecule has 0 saturated carbocycles. The minimum atomic E-state index is -3.06. The highest BCUT2D eigenvalue weighted by Crippen LogP contribution is 2.45. The number of β-amino-alcohol motifs (C(OH)–C–C–N with tert-alkyl or cyclic N) is 1. The van der Waals surface area contributed by atoms with Gasteiger partial charge in [-0.25, -0.2) is 14.4 Å². The summed E-state index contributed by atoms with van der Waals surface area (Å²) >= 11 is 0. The lowest BCUT2D eigenvalue weighted by molar-refractivity contribution is -0.0584. The van der Waals surface area contributed by atoms with E-state index in [9.17, 15) is 18.3 Å². The molecule has 0 amide bonds. The Kier molecular flexibility index (Phi) is 3.97. The number of alkyl halides is 2. The van der Waals surface area contributed by atoms with Gasteiger partial charge in [-0.2, -0.15) is 8.78 Å². The van der Waals surface area contributed by atoms with Crippen molar-refractivity contribution < 1.29 is 23.0 Å². The molecule has 9 heteroatoms. The van der Waals surface area contributed by atoms with Gasteiger partial charge in [-0.05, 0) is 19.4 Å². The van der Waals surface area contributed by atoms with Crippen LogP contribution in [-0.4, -0.2) is 47.0 Å². The average Bonchev–Trinajstić information content (AvgIpc) is 2.98. The van der Waals surface area contributed by atoms with Gasteiger partial charge in [-0.1, -0.05) is 12.1 Å². The molecule has 29 heavy (non-hydrogen) atoms. The Bertz CT molecular complexity index is 996. The third kappa shape index (κ3) is 2.75. The van der Waals surface area contributed by atoms with Crippen LogP contribution in [0.15, 0.2) is 18.2 Å². The maximum Gasteiger partial charge on any atom is 0.290 e. The number of hydrogen-bond donors (Lipinski definition) is 2. The summed E-state index contributed by atoms with van der Waals surface area (Å²) in [6.07, 6.45) is -0.790. The van der Waals surface area contributed by atoms with Crippen LogP contribution in [0, 0.1) is 5.82 Å². The Hall–Kier alpha value is -2.23. The molecule has 0 unspecified atom stereocenters. The smallest absolute Gasteiger partial charge is 0.290 e. The Balaban J connectivity index is 1.61. The summed E-state index contributed by atoms with van der Waals surface area (Å²) in [7, 11) is 0. The van der Waals surface area contributed by atoms with E-state index in [1.165, 1.54) is 6.07 Å². The van der Waals surface area contributed by atoms with E-state index >= 15 is 0 Å². The molecule has 2 fully saturated rings. The number of benzene rings is 1. The minimum absolute atomic E-state index is 0.119. The first-order chi connectivity index (χ1) is 13.7. The lowest BCUT2D eigenvalue weighted by Gasteiger charge is -2.43. The minimum Gasteiger partial charge on any atom is -0.389 e. The second-order valence-corrected chi connectivity index (χ2v) is 8.21. The molecule has 154 valence electrons. The number of rotatable bonds is 3. The maximum atomic E-state index is 14.8. The SMILES string of the molecule is C[C@H]1[C@H](O)CN1c1nc(-c2ccc(C3(N)COC3)c(F)c2)c2c(n1)C(F)(F)CC2. The van der Waals surface area contributed by atoms with E-state index in [0.29, 0.717) is 22.4 Å². The molecule has 2 aromatic rings. The number of aliphatic hydroxyl groups excluding tert-OH is 1. The summed E-state index contributed by atoms with van der Waals surface area (Å²) in [6, 6.07) is 4.25. The number of nitrogens with two attached hydrogens (primary N) is 1. The van der Waals surface area contributed by atoms with Gasteiger partial charge >= 0.3 is 0 Å². The Labute approximate surface area is 165 Å². The van der Waals surface area contributed by atoms with Crippen LogP contribution < -0.4 is 10.6 Å². The first kappa shape index (κ1) is 18.8. The van der Waals surface area contributed by atoms with Crippen LogP contribution in [0.4, 0.5) is 19.1 Å². The van der Waals surface area contributed by atoms with Gasteiger partial charge in [-0.3, -0.25) is 0 Å². The number of aliphatic hydroxyl groups is 1. The van der Waals surface area contributed by atoms with Gasteiger partial charge < -0.3 is 20.5 Å². The van der Waals surface area contributed by atoms with Crippen LogP contribution in [0.2, 0.25) is 0 Å². The Morgan fingerprint density at radius 3 is 2.62 bits per heavy atom. The monoisotopic (exact) mass is 406 g/mol. The number of halogens is 3. The van der Waals surface area contributed by atoms with E-state index < -0.39 is 23.4 Å². The molecule has 3 aliphatic rings. The molecule has 0 radical (unpaired) electrons. The zero-order valence-corrected chi connectivity index (χ0v) is 15.8. The summed E-state index contributed by atoms with van der Waals surface area (Å²) in [6.45, 7) is 2.52. The molecular weight excluding hydrogens is 385 g/mol. The van der Waals surface area contributed by atoms with Gasteiger partial charge in [0, 0.05) is 29.7 Å². The highest BCUT2D eigenvalue weighted by molar-refractivity contribution is 5.68. The van der Waals surface area contributed by atoms with Crippen LogP contribution in [0.5, 0.6) is 0 Å². The van der Waals surface area contributed by atoms with Crippen molar-refractivity contribution in [2.24, 2.45) is 5.73 Å². The molecular formula is C20H21F3N4O2. The normalized spacial score (nSPS) is 26.6. The summed E-state index contributed by atoms with van der Waals surface area (Å²) < 4.78 is 48.9. The molecule has 0 bridgehead atoms. The van der Waals surface area contributed by atoms with E-state index in [1.54, 1.807) is 24.0 Å². The van der Waals surface area contributed by atoms with Gasteiger partial charge in [0.1, 0.15) is 11.5 Å². The van der Waals surface area contributed by atoms with E-state index in [2.05, 4.69) is 9.97 Å². The van der Waals surface area contributed by atoms with Crippen molar-refractivity contribution in [1.82, 2.24) is 9.97 Å². The lowest BCUT2D eigenvalue weighted by Crippen LogP contribution is -2.59. The first-order valence-corrected chi connectivity index (χ1v) is 9.60. The Morgan fingerprint density at radius 2 is 2.03 bits per heavy atom. The summed E-state index contributed by atoms with van der Waals surface area (Å²) in [4.78, 5) is 10.3. The van der Waals surface area contributed by atoms with Crippen molar-refractivity contribution in [2.75, 3.05) is 24.7 Å². The molecule has 6 nitrogen and oxygen atoms in total. The molecule has 2 atom stereocenters.